The third-order valence-electron chi connectivity index (χ3n) is 4.94. The molecule has 1 aliphatic carbocycles. The van der Waals surface area contributed by atoms with Crippen molar-refractivity contribution in [2.45, 2.75) is 72.4 Å². The van der Waals surface area contributed by atoms with Gasteiger partial charge in [0.15, 0.2) is 6.61 Å². The van der Waals surface area contributed by atoms with Crippen LogP contribution in [0.2, 0.25) is 0 Å². The van der Waals surface area contributed by atoms with Crippen molar-refractivity contribution in [3.05, 3.63) is 23.0 Å². The molecule has 0 saturated heterocycles. The quantitative estimate of drug-likeness (QED) is 0.838. The molecule has 24 heavy (non-hydrogen) atoms. The number of aromatic nitrogens is 1. The van der Waals surface area contributed by atoms with Gasteiger partial charge in [0.25, 0.3) is 5.91 Å². The summed E-state index contributed by atoms with van der Waals surface area (Å²) in [5, 5.41) is 2.97. The maximum absolute atomic E-state index is 12.3. The van der Waals surface area contributed by atoms with Crippen molar-refractivity contribution < 1.29 is 14.3 Å². The van der Waals surface area contributed by atoms with Crippen LogP contribution in [-0.2, 0) is 9.53 Å². The topological polar surface area (TPSA) is 60.3 Å². The third kappa shape index (κ3) is 4.40. The number of rotatable bonds is 5. The van der Waals surface area contributed by atoms with Gasteiger partial charge in [0, 0.05) is 23.5 Å². The fourth-order valence-corrected chi connectivity index (χ4v) is 3.66. The summed E-state index contributed by atoms with van der Waals surface area (Å²) in [6, 6.07) is 2.33. The summed E-state index contributed by atoms with van der Waals surface area (Å²) in [6.07, 6.45) is 4.31. The standard InChI is InChI=1S/C19H30N2O3/c1-12(2)21-14(4)10-17(15(21)5)19(23)24-11-18(22)20-16-8-6-13(3)7-9-16/h10,12-13,16H,6-9,11H2,1-5H3,(H,20,22). The Morgan fingerprint density at radius 3 is 2.42 bits per heavy atom. The number of nitrogens with zero attached hydrogens (tertiary/aromatic N) is 1. The Labute approximate surface area is 144 Å². The molecule has 1 saturated carbocycles. The van der Waals surface area contributed by atoms with Crippen molar-refractivity contribution in [1.29, 1.82) is 0 Å². The summed E-state index contributed by atoms with van der Waals surface area (Å²) in [6.45, 7) is 10.1. The van der Waals surface area contributed by atoms with Gasteiger partial charge in [-0.3, -0.25) is 4.79 Å². The van der Waals surface area contributed by atoms with E-state index in [0.717, 1.165) is 43.0 Å². The van der Waals surface area contributed by atoms with Gasteiger partial charge < -0.3 is 14.6 Å². The summed E-state index contributed by atoms with van der Waals surface area (Å²) in [7, 11) is 0. The zero-order valence-corrected chi connectivity index (χ0v) is 15.5. The van der Waals surface area contributed by atoms with Crippen molar-refractivity contribution in [3.63, 3.8) is 0 Å². The highest BCUT2D eigenvalue weighted by Crippen LogP contribution is 2.23. The number of amides is 1. The van der Waals surface area contributed by atoms with Crippen LogP contribution in [0, 0.1) is 19.8 Å². The number of carbonyl (C=O) groups is 2. The smallest absolute Gasteiger partial charge is 0.340 e. The summed E-state index contributed by atoms with van der Waals surface area (Å²) < 4.78 is 7.31. The van der Waals surface area contributed by atoms with Gasteiger partial charge in [0.05, 0.1) is 5.56 Å². The van der Waals surface area contributed by atoms with Crippen LogP contribution in [0.3, 0.4) is 0 Å². The highest BCUT2D eigenvalue weighted by atomic mass is 16.5. The SMILES string of the molecule is Cc1cc(C(=O)OCC(=O)NC2CCC(C)CC2)c(C)n1C(C)C. The second-order valence-corrected chi connectivity index (χ2v) is 7.35. The van der Waals surface area contributed by atoms with E-state index in [0.29, 0.717) is 5.56 Å². The molecule has 1 fully saturated rings. The van der Waals surface area contributed by atoms with E-state index in [4.69, 9.17) is 4.74 Å². The van der Waals surface area contributed by atoms with Crippen LogP contribution in [0.25, 0.3) is 0 Å². The van der Waals surface area contributed by atoms with Crippen molar-refractivity contribution >= 4 is 11.9 Å². The van der Waals surface area contributed by atoms with Crippen LogP contribution in [-0.4, -0.2) is 29.1 Å². The van der Waals surface area contributed by atoms with Gasteiger partial charge in [-0.05, 0) is 65.4 Å². The van der Waals surface area contributed by atoms with Crippen molar-refractivity contribution in [2.24, 2.45) is 5.92 Å². The van der Waals surface area contributed by atoms with Crippen LogP contribution < -0.4 is 5.32 Å². The van der Waals surface area contributed by atoms with Gasteiger partial charge in [-0.2, -0.15) is 0 Å². The Balaban J connectivity index is 1.87. The largest absolute Gasteiger partial charge is 0.452 e. The lowest BCUT2D eigenvalue weighted by Gasteiger charge is -2.26. The second kappa shape index (κ2) is 7.86. The molecule has 2 rings (SSSR count). The van der Waals surface area contributed by atoms with Crippen LogP contribution in [0.1, 0.15) is 74.2 Å². The minimum absolute atomic E-state index is 0.208. The Morgan fingerprint density at radius 1 is 1.25 bits per heavy atom. The first-order valence-electron chi connectivity index (χ1n) is 8.94. The lowest BCUT2D eigenvalue weighted by Crippen LogP contribution is -2.39. The van der Waals surface area contributed by atoms with Crippen LogP contribution in [0.5, 0.6) is 0 Å². The van der Waals surface area contributed by atoms with E-state index in [2.05, 4.69) is 30.7 Å². The molecule has 0 unspecified atom stereocenters. The van der Waals surface area contributed by atoms with E-state index in [1.807, 2.05) is 19.9 Å². The monoisotopic (exact) mass is 334 g/mol. The van der Waals surface area contributed by atoms with Crippen LogP contribution >= 0.6 is 0 Å². The summed E-state index contributed by atoms with van der Waals surface area (Å²) >= 11 is 0. The number of hydrogen-bond donors (Lipinski definition) is 1. The zero-order valence-electron chi connectivity index (χ0n) is 15.5. The van der Waals surface area contributed by atoms with Gasteiger partial charge >= 0.3 is 5.97 Å². The highest BCUT2D eigenvalue weighted by Gasteiger charge is 2.22. The van der Waals surface area contributed by atoms with E-state index in [1.165, 1.54) is 0 Å². The Bertz CT molecular complexity index is 596. The minimum atomic E-state index is -0.428. The molecule has 0 aromatic carbocycles. The molecule has 1 amide bonds. The molecule has 134 valence electrons. The number of ether oxygens (including phenoxy) is 1. The van der Waals surface area contributed by atoms with Gasteiger partial charge in [-0.25, -0.2) is 4.79 Å². The number of esters is 1. The maximum atomic E-state index is 12.3. The first kappa shape index (κ1) is 18.6. The lowest BCUT2D eigenvalue weighted by molar-refractivity contribution is -0.125. The van der Waals surface area contributed by atoms with Crippen molar-refractivity contribution in [1.82, 2.24) is 9.88 Å². The van der Waals surface area contributed by atoms with E-state index in [9.17, 15) is 9.59 Å². The molecule has 1 aliphatic rings. The molecule has 1 N–H and O–H groups in total. The molecule has 5 heteroatoms. The molecule has 0 spiro atoms. The fraction of sp³-hybridized carbons (Fsp3) is 0.684. The third-order valence-corrected chi connectivity index (χ3v) is 4.94. The molecule has 1 aromatic heterocycles. The highest BCUT2D eigenvalue weighted by molar-refractivity contribution is 5.92. The average molecular weight is 334 g/mol. The Hall–Kier alpha value is -1.78. The molecule has 0 radical (unpaired) electrons. The summed E-state index contributed by atoms with van der Waals surface area (Å²) in [4.78, 5) is 24.3. The number of nitrogens with one attached hydrogen (secondary N) is 1. The van der Waals surface area contributed by atoms with E-state index >= 15 is 0 Å². The minimum Gasteiger partial charge on any atom is -0.452 e. The van der Waals surface area contributed by atoms with Gasteiger partial charge in [0.2, 0.25) is 0 Å². The number of carbonyl (C=O) groups excluding carboxylic acids is 2. The van der Waals surface area contributed by atoms with Crippen molar-refractivity contribution in [2.75, 3.05) is 6.61 Å². The van der Waals surface area contributed by atoms with Gasteiger partial charge in [-0.1, -0.05) is 6.92 Å². The fourth-order valence-electron chi connectivity index (χ4n) is 3.66. The van der Waals surface area contributed by atoms with Gasteiger partial charge in [-0.15, -0.1) is 0 Å². The molecular weight excluding hydrogens is 304 g/mol. The van der Waals surface area contributed by atoms with Crippen LogP contribution in [0.4, 0.5) is 0 Å². The lowest BCUT2D eigenvalue weighted by atomic mass is 9.87. The second-order valence-electron chi connectivity index (χ2n) is 7.35. The predicted octanol–water partition coefficient (Wildman–Crippen LogP) is 3.54. The van der Waals surface area contributed by atoms with Crippen LogP contribution in [0.15, 0.2) is 6.07 Å². The molecule has 0 aliphatic heterocycles. The number of aryl methyl sites for hydroxylation is 1. The zero-order chi connectivity index (χ0) is 17.9. The Kier molecular flexibility index (Phi) is 6.08. The molecule has 5 nitrogen and oxygen atoms in total. The van der Waals surface area contributed by atoms with Crippen molar-refractivity contribution in [3.8, 4) is 0 Å². The van der Waals surface area contributed by atoms with Gasteiger partial charge in [0.1, 0.15) is 0 Å². The Morgan fingerprint density at radius 2 is 1.88 bits per heavy atom. The van der Waals surface area contributed by atoms with E-state index in [-0.39, 0.29) is 24.6 Å². The predicted molar refractivity (Wildman–Crippen MR) is 94.1 cm³/mol. The maximum Gasteiger partial charge on any atom is 0.340 e. The van der Waals surface area contributed by atoms with E-state index < -0.39 is 5.97 Å². The summed E-state index contributed by atoms with van der Waals surface area (Å²) in [5.74, 6) is 0.107. The molecule has 1 aromatic rings. The molecule has 0 atom stereocenters. The molecule has 1 heterocycles. The van der Waals surface area contributed by atoms with E-state index in [1.54, 1.807) is 0 Å². The molecule has 0 bridgehead atoms. The summed E-state index contributed by atoms with van der Waals surface area (Å²) in [5.41, 5.74) is 2.45. The number of hydrogen-bond acceptors (Lipinski definition) is 3. The normalized spacial score (nSPS) is 20.9. The first-order chi connectivity index (χ1) is 11.3. The average Bonchev–Trinajstić information content (AvgIpc) is 2.82. The first-order valence-corrected chi connectivity index (χ1v) is 8.94. The molecular formula is C19H30N2O3.